The molecule has 0 aromatic carbocycles. The van der Waals surface area contributed by atoms with E-state index in [9.17, 15) is 10.1 Å². The number of rotatable bonds is 16. The summed E-state index contributed by atoms with van der Waals surface area (Å²) < 4.78 is 11.5. The van der Waals surface area contributed by atoms with Crippen LogP contribution in [0.1, 0.15) is 106 Å². The number of hydrogen-bond donors (Lipinski definition) is 0. The van der Waals surface area contributed by atoms with Gasteiger partial charge in [-0.25, -0.2) is 0 Å². The Morgan fingerprint density at radius 3 is 2.06 bits per heavy atom. The third-order valence-corrected chi connectivity index (χ3v) is 24.1. The summed E-state index contributed by atoms with van der Waals surface area (Å²) >= 11 is -2.55. The molecule has 0 saturated heterocycles. The van der Waals surface area contributed by atoms with E-state index in [0.29, 0.717) is 29.7 Å². The number of ether oxygens (including phenoxy) is 1. The second kappa shape index (κ2) is 16.2. The standard InChI is InChI=1S/C17H26NO2.3C4H9.Sn/c1-11(2)15-7-6-12(3)9-16(15)20-17(19)14(5)8-13(4)10-18;3*1-3-4-2;/h11-12,14-16H,4-9H2,1-3H3;3*1,3-4H2,2H3;/t12-,14?,15+,16-;;;;/m1..../s1. The summed E-state index contributed by atoms with van der Waals surface area (Å²) in [4.78, 5) is 13.7. The first kappa shape index (κ1) is 30.5. The third kappa shape index (κ3) is 10.7. The van der Waals surface area contributed by atoms with Crippen molar-refractivity contribution >= 4 is 24.3 Å². The summed E-state index contributed by atoms with van der Waals surface area (Å²) in [6.45, 7) is 17.6. The molecule has 0 radical (unpaired) electrons. The van der Waals surface area contributed by atoms with Crippen molar-refractivity contribution in [2.75, 3.05) is 0 Å². The van der Waals surface area contributed by atoms with Gasteiger partial charge in [-0.3, -0.25) is 0 Å². The van der Waals surface area contributed by atoms with E-state index >= 15 is 0 Å². The summed E-state index contributed by atoms with van der Waals surface area (Å²) in [5.74, 6) is 1.41. The molecule has 190 valence electrons. The van der Waals surface area contributed by atoms with Crippen LogP contribution in [0.5, 0.6) is 0 Å². The molecule has 0 amide bonds. The molecule has 1 unspecified atom stereocenters. The van der Waals surface area contributed by atoms with Crippen LogP contribution in [0.4, 0.5) is 0 Å². The van der Waals surface area contributed by atoms with Gasteiger partial charge in [0.2, 0.25) is 0 Å². The molecule has 4 heteroatoms. The summed E-state index contributed by atoms with van der Waals surface area (Å²) in [7, 11) is 0. The molecule has 1 fully saturated rings. The van der Waals surface area contributed by atoms with Crippen molar-refractivity contribution in [1.29, 1.82) is 5.26 Å². The van der Waals surface area contributed by atoms with Crippen LogP contribution in [0.3, 0.4) is 0 Å². The van der Waals surface area contributed by atoms with E-state index in [2.05, 4.69) is 54.2 Å². The van der Waals surface area contributed by atoms with E-state index in [-0.39, 0.29) is 18.0 Å². The minimum absolute atomic E-state index is 0.0262. The van der Waals surface area contributed by atoms with Gasteiger partial charge in [-0.1, -0.05) is 0 Å². The Bertz CT molecular complexity index is 602. The average molecular weight is 566 g/mol. The average Bonchev–Trinajstić information content (AvgIpc) is 2.79. The fourth-order valence-corrected chi connectivity index (χ4v) is 23.1. The van der Waals surface area contributed by atoms with Gasteiger partial charge >= 0.3 is 211 Å². The second-order valence-corrected chi connectivity index (χ2v) is 25.4. The van der Waals surface area contributed by atoms with Crippen molar-refractivity contribution in [3.05, 3.63) is 12.2 Å². The molecule has 0 spiro atoms. The van der Waals surface area contributed by atoms with Crippen molar-refractivity contribution in [2.24, 2.45) is 23.7 Å². The van der Waals surface area contributed by atoms with Gasteiger partial charge in [0.15, 0.2) is 0 Å². The zero-order valence-electron chi connectivity index (χ0n) is 22.8. The van der Waals surface area contributed by atoms with Gasteiger partial charge < -0.3 is 0 Å². The van der Waals surface area contributed by atoms with Crippen LogP contribution < -0.4 is 0 Å². The first-order valence-corrected chi connectivity index (χ1v) is 22.1. The summed E-state index contributed by atoms with van der Waals surface area (Å²) in [5.41, 5.74) is 0.538. The topological polar surface area (TPSA) is 50.1 Å². The maximum absolute atomic E-state index is 13.7. The van der Waals surface area contributed by atoms with Crippen molar-refractivity contribution in [3.8, 4) is 6.07 Å². The quantitative estimate of drug-likeness (QED) is 0.107. The number of nitriles is 1. The van der Waals surface area contributed by atoms with Crippen molar-refractivity contribution in [3.63, 3.8) is 0 Å². The van der Waals surface area contributed by atoms with E-state index in [1.165, 1.54) is 58.3 Å². The monoisotopic (exact) mass is 567 g/mol. The van der Waals surface area contributed by atoms with Crippen molar-refractivity contribution in [2.45, 2.75) is 130 Å². The second-order valence-electron chi connectivity index (χ2n) is 11.4. The fraction of sp³-hybridized carbons (Fsp3) is 0.862. The number of nitrogens with zero attached hydrogens (tertiary/aromatic N) is 1. The number of esters is 1. The Balaban J connectivity index is 3.15. The maximum atomic E-state index is 13.7. The minimum atomic E-state index is -2.55. The molecule has 0 N–H and O–H groups in total. The van der Waals surface area contributed by atoms with E-state index in [1.54, 1.807) is 0 Å². The van der Waals surface area contributed by atoms with Gasteiger partial charge in [-0.2, -0.15) is 0 Å². The molecule has 0 heterocycles. The first-order chi connectivity index (χ1) is 15.7. The van der Waals surface area contributed by atoms with Gasteiger partial charge in [0.25, 0.3) is 0 Å². The molecule has 0 aliphatic heterocycles. The number of allylic oxidation sites excluding steroid dienone is 1. The molecule has 0 aromatic heterocycles. The van der Waals surface area contributed by atoms with Gasteiger partial charge in [0, 0.05) is 0 Å². The Morgan fingerprint density at radius 1 is 1.06 bits per heavy atom. The van der Waals surface area contributed by atoms with Crippen molar-refractivity contribution in [1.82, 2.24) is 0 Å². The number of unbranched alkanes of at least 4 members (excludes halogenated alkanes) is 3. The molecule has 0 bridgehead atoms. The number of carbonyl (C=O) groups excluding carboxylic acids is 1. The molecule has 4 atom stereocenters. The first-order valence-electron chi connectivity index (χ1n) is 14.0. The third-order valence-electron chi connectivity index (χ3n) is 8.07. The molecule has 3 nitrogen and oxygen atoms in total. The molecule has 1 aliphatic carbocycles. The Morgan fingerprint density at radius 2 is 1.61 bits per heavy atom. The molecular weight excluding hydrogens is 513 g/mol. The van der Waals surface area contributed by atoms with Gasteiger partial charge in [0.05, 0.1) is 0 Å². The zero-order chi connectivity index (χ0) is 24.9. The summed E-state index contributed by atoms with van der Waals surface area (Å²) in [6, 6.07) is 2.22. The van der Waals surface area contributed by atoms with Crippen LogP contribution in [0, 0.1) is 35.0 Å². The van der Waals surface area contributed by atoms with E-state index in [4.69, 9.17) is 4.74 Å². The van der Waals surface area contributed by atoms with E-state index < -0.39 is 18.4 Å². The summed E-state index contributed by atoms with van der Waals surface area (Å²) in [5, 5.41) is 9.47. The van der Waals surface area contributed by atoms with Crippen LogP contribution in [0.15, 0.2) is 12.2 Å². The number of hydrogen-bond acceptors (Lipinski definition) is 3. The van der Waals surface area contributed by atoms with Crippen LogP contribution in [0.2, 0.25) is 17.7 Å². The predicted molar refractivity (Wildman–Crippen MR) is 144 cm³/mol. The number of carbonyl (C=O) groups is 1. The zero-order valence-corrected chi connectivity index (χ0v) is 25.6. The Labute approximate surface area is 210 Å². The van der Waals surface area contributed by atoms with Crippen LogP contribution in [-0.4, -0.2) is 30.5 Å². The van der Waals surface area contributed by atoms with Crippen LogP contribution >= 0.6 is 0 Å². The van der Waals surface area contributed by atoms with Crippen molar-refractivity contribution < 1.29 is 9.53 Å². The molecule has 33 heavy (non-hydrogen) atoms. The van der Waals surface area contributed by atoms with Gasteiger partial charge in [0.1, 0.15) is 0 Å². The van der Waals surface area contributed by atoms with Gasteiger partial charge in [-0.15, -0.1) is 0 Å². The Hall–Kier alpha value is -0.501. The molecule has 1 saturated carbocycles. The predicted octanol–water partition coefficient (Wildman–Crippen LogP) is 8.93. The molecule has 1 rings (SSSR count). The van der Waals surface area contributed by atoms with Crippen LogP contribution in [0.25, 0.3) is 0 Å². The molecule has 1 aliphatic rings. The van der Waals surface area contributed by atoms with E-state index in [0.717, 1.165) is 17.3 Å². The van der Waals surface area contributed by atoms with E-state index in [1.807, 2.05) is 0 Å². The van der Waals surface area contributed by atoms with Crippen LogP contribution in [-0.2, 0) is 9.53 Å². The summed E-state index contributed by atoms with van der Waals surface area (Å²) in [6.07, 6.45) is 11.5. The Kier molecular flexibility index (Phi) is 15.0. The normalized spacial score (nSPS) is 22.1. The fourth-order valence-electron chi connectivity index (χ4n) is 5.94. The van der Waals surface area contributed by atoms with Gasteiger partial charge in [-0.05, 0) is 0 Å². The molecular formula is C29H53NO2Sn. The SMILES string of the molecule is C=C(C#N)CC([CH2][Sn]([CH2]CCC)([CH2]CCC)[CH2]CCC)C(=O)O[C@@H]1C[C@H](C)CC[C@H]1C(C)C. The molecule has 0 aromatic rings.